The Morgan fingerprint density at radius 1 is 1.24 bits per heavy atom. The van der Waals surface area contributed by atoms with Crippen molar-refractivity contribution in [2.45, 2.75) is 13.5 Å². The molecule has 1 aromatic carbocycles. The van der Waals surface area contributed by atoms with Gasteiger partial charge in [-0.2, -0.15) is 0 Å². The third kappa shape index (κ3) is 3.43. The standard InChI is InChI=1S/C16H11Cl2F3N2O2/c1-2-23-15(13-11(20)3-7(19)4-12(13)21)8(5-9(17)16(23)25)14(22)10(18)6-24/h3-6H,2,22H2,1H3. The number of aldehydes is 1. The van der Waals surface area contributed by atoms with Crippen LogP contribution in [0.4, 0.5) is 13.2 Å². The molecule has 0 amide bonds. The normalized spacial score (nSPS) is 12.1. The molecule has 0 atom stereocenters. The van der Waals surface area contributed by atoms with Gasteiger partial charge in [-0.25, -0.2) is 13.2 Å². The lowest BCUT2D eigenvalue weighted by molar-refractivity contribution is -0.104. The van der Waals surface area contributed by atoms with Gasteiger partial charge in [-0.05, 0) is 13.0 Å². The Morgan fingerprint density at radius 3 is 2.28 bits per heavy atom. The van der Waals surface area contributed by atoms with Crippen LogP contribution >= 0.6 is 23.2 Å². The number of benzene rings is 1. The summed E-state index contributed by atoms with van der Waals surface area (Å²) in [5.74, 6) is -3.63. The average Bonchev–Trinajstić information content (AvgIpc) is 2.55. The maximum atomic E-state index is 14.3. The van der Waals surface area contributed by atoms with Crippen molar-refractivity contribution in [1.29, 1.82) is 0 Å². The van der Waals surface area contributed by atoms with E-state index in [9.17, 15) is 22.8 Å². The summed E-state index contributed by atoms with van der Waals surface area (Å²) in [4.78, 5) is 23.1. The topological polar surface area (TPSA) is 65.1 Å². The van der Waals surface area contributed by atoms with E-state index in [1.54, 1.807) is 0 Å². The zero-order valence-corrected chi connectivity index (χ0v) is 14.3. The molecule has 132 valence electrons. The molecule has 0 aliphatic heterocycles. The largest absolute Gasteiger partial charge is 0.397 e. The first-order valence-corrected chi connectivity index (χ1v) is 7.67. The summed E-state index contributed by atoms with van der Waals surface area (Å²) < 4.78 is 42.7. The molecule has 0 spiro atoms. The molecule has 0 bridgehead atoms. The van der Waals surface area contributed by atoms with Crippen LogP contribution in [0.25, 0.3) is 17.0 Å². The van der Waals surface area contributed by atoms with E-state index in [1.165, 1.54) is 6.92 Å². The fourth-order valence-electron chi connectivity index (χ4n) is 2.37. The van der Waals surface area contributed by atoms with Crippen molar-refractivity contribution in [2.24, 2.45) is 5.73 Å². The predicted molar refractivity (Wildman–Crippen MR) is 89.7 cm³/mol. The minimum Gasteiger partial charge on any atom is -0.397 e. The number of hydrogen-bond acceptors (Lipinski definition) is 3. The van der Waals surface area contributed by atoms with Gasteiger partial charge in [0.05, 0.1) is 17.0 Å². The van der Waals surface area contributed by atoms with Gasteiger partial charge in [0.25, 0.3) is 5.56 Å². The van der Waals surface area contributed by atoms with Crippen LogP contribution in [0, 0.1) is 17.5 Å². The Hall–Kier alpha value is -2.25. The SMILES string of the molecule is CCn1c(-c2c(F)cc(F)cc2F)c(C(N)=C(Cl)C=O)cc(Cl)c1=O. The predicted octanol–water partition coefficient (Wildman–Crippen LogP) is 3.67. The zero-order valence-electron chi connectivity index (χ0n) is 12.7. The van der Waals surface area contributed by atoms with E-state index in [0.29, 0.717) is 12.1 Å². The number of aromatic nitrogens is 1. The van der Waals surface area contributed by atoms with E-state index < -0.39 is 33.6 Å². The lowest BCUT2D eigenvalue weighted by atomic mass is 10.0. The van der Waals surface area contributed by atoms with Crippen LogP contribution in [0.2, 0.25) is 5.02 Å². The summed E-state index contributed by atoms with van der Waals surface area (Å²) >= 11 is 11.6. The molecule has 0 saturated carbocycles. The number of pyridine rings is 1. The van der Waals surface area contributed by atoms with Gasteiger partial charge in [0, 0.05) is 24.2 Å². The van der Waals surface area contributed by atoms with Crippen molar-refractivity contribution in [3.8, 4) is 11.3 Å². The van der Waals surface area contributed by atoms with Crippen LogP contribution in [0.15, 0.2) is 28.0 Å². The van der Waals surface area contributed by atoms with E-state index in [4.69, 9.17) is 28.9 Å². The molecule has 2 N–H and O–H groups in total. The van der Waals surface area contributed by atoms with E-state index in [1.807, 2.05) is 0 Å². The number of halogens is 5. The van der Waals surface area contributed by atoms with Gasteiger partial charge >= 0.3 is 0 Å². The summed E-state index contributed by atoms with van der Waals surface area (Å²) in [7, 11) is 0. The molecule has 0 radical (unpaired) electrons. The highest BCUT2D eigenvalue weighted by atomic mass is 35.5. The molecule has 4 nitrogen and oxygen atoms in total. The fraction of sp³-hybridized carbons (Fsp3) is 0.125. The second kappa shape index (κ2) is 7.33. The number of nitrogens with zero attached hydrogens (tertiary/aromatic N) is 1. The highest BCUT2D eigenvalue weighted by molar-refractivity contribution is 6.41. The first kappa shape index (κ1) is 19.1. The molecule has 0 saturated heterocycles. The molecule has 0 aliphatic carbocycles. The molecule has 2 rings (SSSR count). The number of allylic oxidation sites excluding steroid dienone is 1. The maximum Gasteiger partial charge on any atom is 0.269 e. The Balaban J connectivity index is 3.06. The zero-order chi connectivity index (χ0) is 18.9. The van der Waals surface area contributed by atoms with Crippen LogP contribution in [0.1, 0.15) is 12.5 Å². The summed E-state index contributed by atoms with van der Waals surface area (Å²) in [6.07, 6.45) is 0.230. The molecule has 1 aromatic heterocycles. The summed E-state index contributed by atoms with van der Waals surface area (Å²) in [6.45, 7) is 1.51. The van der Waals surface area contributed by atoms with Crippen LogP contribution in [-0.2, 0) is 11.3 Å². The monoisotopic (exact) mass is 390 g/mol. The summed E-state index contributed by atoms with van der Waals surface area (Å²) in [5, 5.41) is -0.733. The number of carbonyl (C=O) groups excluding carboxylic acids is 1. The van der Waals surface area contributed by atoms with Gasteiger partial charge in [0.15, 0.2) is 6.29 Å². The fourth-order valence-corrected chi connectivity index (χ4v) is 2.68. The molecular weight excluding hydrogens is 380 g/mol. The van der Waals surface area contributed by atoms with Gasteiger partial charge in [-0.15, -0.1) is 0 Å². The highest BCUT2D eigenvalue weighted by Crippen LogP contribution is 2.33. The smallest absolute Gasteiger partial charge is 0.269 e. The number of nitrogens with two attached hydrogens (primary N) is 1. The van der Waals surface area contributed by atoms with Gasteiger partial charge in [-0.3, -0.25) is 9.59 Å². The Kier molecular flexibility index (Phi) is 5.59. The molecule has 9 heteroatoms. The van der Waals surface area contributed by atoms with Crippen LogP contribution in [0.5, 0.6) is 0 Å². The van der Waals surface area contributed by atoms with E-state index in [2.05, 4.69) is 0 Å². The van der Waals surface area contributed by atoms with Gasteiger partial charge in [0.1, 0.15) is 27.5 Å². The van der Waals surface area contributed by atoms with E-state index in [0.717, 1.165) is 10.6 Å². The molecule has 0 aliphatic rings. The quantitative estimate of drug-likeness (QED) is 0.639. The Bertz CT molecular complexity index is 932. The van der Waals surface area contributed by atoms with Crippen molar-refractivity contribution >= 4 is 35.2 Å². The highest BCUT2D eigenvalue weighted by Gasteiger charge is 2.24. The maximum absolute atomic E-state index is 14.3. The Morgan fingerprint density at radius 2 is 1.80 bits per heavy atom. The first-order valence-electron chi connectivity index (χ1n) is 6.91. The molecule has 0 fully saturated rings. The van der Waals surface area contributed by atoms with E-state index >= 15 is 0 Å². The minimum atomic E-state index is -1.25. The molecule has 25 heavy (non-hydrogen) atoms. The van der Waals surface area contributed by atoms with Crippen molar-refractivity contribution in [3.63, 3.8) is 0 Å². The van der Waals surface area contributed by atoms with Gasteiger partial charge in [0.2, 0.25) is 0 Å². The van der Waals surface area contributed by atoms with Crippen LogP contribution in [0.3, 0.4) is 0 Å². The minimum absolute atomic E-state index is 0.0238. The molecule has 1 heterocycles. The lowest BCUT2D eigenvalue weighted by Gasteiger charge is -2.18. The molecular formula is C16H11Cl2F3N2O2. The van der Waals surface area contributed by atoms with Gasteiger partial charge < -0.3 is 10.3 Å². The number of carbonyl (C=O) groups is 1. The van der Waals surface area contributed by atoms with Crippen molar-refractivity contribution in [3.05, 3.63) is 61.6 Å². The van der Waals surface area contributed by atoms with Crippen LogP contribution in [-0.4, -0.2) is 10.9 Å². The lowest BCUT2D eigenvalue weighted by Crippen LogP contribution is -2.24. The second-order valence-corrected chi connectivity index (χ2v) is 5.74. The van der Waals surface area contributed by atoms with Crippen molar-refractivity contribution in [1.82, 2.24) is 4.57 Å². The van der Waals surface area contributed by atoms with Gasteiger partial charge in [-0.1, -0.05) is 23.2 Å². The first-order chi connectivity index (χ1) is 11.7. The second-order valence-electron chi connectivity index (χ2n) is 4.93. The average molecular weight is 391 g/mol. The number of rotatable bonds is 4. The summed E-state index contributed by atoms with van der Waals surface area (Å²) in [5.41, 5.74) is 3.59. The number of hydrogen-bond donors (Lipinski definition) is 1. The van der Waals surface area contributed by atoms with E-state index in [-0.39, 0.29) is 34.8 Å². The van der Waals surface area contributed by atoms with Crippen LogP contribution < -0.4 is 11.3 Å². The summed E-state index contributed by atoms with van der Waals surface area (Å²) in [6, 6.07) is 1.97. The third-order valence-electron chi connectivity index (χ3n) is 3.46. The van der Waals surface area contributed by atoms with Crippen molar-refractivity contribution in [2.75, 3.05) is 0 Å². The Labute approximate surface area is 150 Å². The third-order valence-corrected chi connectivity index (χ3v) is 4.02. The molecule has 2 aromatic rings. The van der Waals surface area contributed by atoms with Crippen molar-refractivity contribution < 1.29 is 18.0 Å². The molecule has 0 unspecified atom stereocenters.